The molecule has 0 radical (unpaired) electrons. The van der Waals surface area contributed by atoms with Gasteiger partial charge in [0, 0.05) is 22.0 Å². The molecule has 0 fully saturated rings. The summed E-state index contributed by atoms with van der Waals surface area (Å²) in [6.07, 6.45) is 2.33. The van der Waals surface area contributed by atoms with E-state index < -0.39 is 17.2 Å². The Morgan fingerprint density at radius 3 is 2.50 bits per heavy atom. The molecule has 0 saturated heterocycles. The highest BCUT2D eigenvalue weighted by Gasteiger charge is 2.48. The molecule has 6 rings (SSSR count). The predicted octanol–water partition coefficient (Wildman–Crippen LogP) is 4.91. The molecule has 1 aliphatic rings. The number of rotatable bonds is 3. The van der Waals surface area contributed by atoms with Crippen molar-refractivity contribution in [2.75, 3.05) is 4.90 Å². The fourth-order valence-corrected chi connectivity index (χ4v) is 4.83. The zero-order valence-corrected chi connectivity index (χ0v) is 18.4. The Balaban J connectivity index is 1.48. The van der Waals surface area contributed by atoms with Crippen LogP contribution in [0, 0.1) is 0 Å². The van der Waals surface area contributed by atoms with E-state index in [9.17, 15) is 9.59 Å². The van der Waals surface area contributed by atoms with Gasteiger partial charge >= 0.3 is 0 Å². The second-order valence-corrected chi connectivity index (χ2v) is 8.69. The summed E-state index contributed by atoms with van der Waals surface area (Å²) >= 11 is 0. The lowest BCUT2D eigenvalue weighted by Crippen LogP contribution is -2.59. The summed E-state index contributed by atoms with van der Waals surface area (Å²) in [5.41, 5.74) is 9.35. The van der Waals surface area contributed by atoms with Gasteiger partial charge in [0.15, 0.2) is 5.54 Å². The van der Waals surface area contributed by atoms with Gasteiger partial charge in [0.25, 0.3) is 5.91 Å². The molecule has 34 heavy (non-hydrogen) atoms. The van der Waals surface area contributed by atoms with E-state index in [1.165, 1.54) is 0 Å². The lowest BCUT2D eigenvalue weighted by Gasteiger charge is -2.31. The summed E-state index contributed by atoms with van der Waals surface area (Å²) in [7, 11) is 0. The van der Waals surface area contributed by atoms with Crippen LogP contribution in [-0.4, -0.2) is 27.2 Å². The third-order valence-electron chi connectivity index (χ3n) is 6.65. The molecule has 3 aromatic carbocycles. The molecule has 6 nitrogen and oxygen atoms in total. The molecule has 166 valence electrons. The molecule has 1 amide bonds. The van der Waals surface area contributed by atoms with Crippen molar-refractivity contribution >= 4 is 44.9 Å². The number of hydrogen-bond acceptors (Lipinski definition) is 4. The summed E-state index contributed by atoms with van der Waals surface area (Å²) in [5, 5.41) is 1.87. The van der Waals surface area contributed by atoms with Gasteiger partial charge in [-0.1, -0.05) is 54.6 Å². The summed E-state index contributed by atoms with van der Waals surface area (Å²) in [6, 6.07) is 26.6. The van der Waals surface area contributed by atoms with Crippen LogP contribution in [0.1, 0.15) is 22.5 Å². The number of aromatic nitrogens is 2. The van der Waals surface area contributed by atoms with Gasteiger partial charge in [0.05, 0.1) is 17.4 Å². The first kappa shape index (κ1) is 20.3. The first-order valence-electron chi connectivity index (χ1n) is 11.2. The van der Waals surface area contributed by atoms with E-state index in [1.54, 1.807) is 17.2 Å². The van der Waals surface area contributed by atoms with E-state index in [4.69, 9.17) is 5.73 Å². The van der Waals surface area contributed by atoms with Crippen molar-refractivity contribution in [1.82, 2.24) is 9.97 Å². The lowest BCUT2D eigenvalue weighted by molar-refractivity contribution is -0.121. The van der Waals surface area contributed by atoms with E-state index in [0.29, 0.717) is 12.1 Å². The molecule has 0 spiro atoms. The van der Waals surface area contributed by atoms with Gasteiger partial charge in [0.2, 0.25) is 5.78 Å². The fraction of sp³-hybridized carbons (Fsp3) is 0.107. The molecule has 3 heterocycles. The zero-order chi connectivity index (χ0) is 23.3. The summed E-state index contributed by atoms with van der Waals surface area (Å²) in [5.74, 6) is -0.923. The van der Waals surface area contributed by atoms with Crippen LogP contribution in [-0.2, 0) is 11.2 Å². The normalized spacial score (nSPS) is 18.1. The number of anilines is 2. The number of hydrogen-bond donors (Lipinski definition) is 2. The number of nitrogens with two attached hydrogens (primary N) is 1. The Morgan fingerprint density at radius 1 is 0.912 bits per heavy atom. The van der Waals surface area contributed by atoms with Crippen molar-refractivity contribution in [3.8, 4) is 0 Å². The first-order chi connectivity index (χ1) is 16.6. The Kier molecular flexibility index (Phi) is 4.57. The maximum atomic E-state index is 14.0. The van der Waals surface area contributed by atoms with E-state index >= 15 is 0 Å². The molecular formula is C28H22N4O2. The highest BCUT2D eigenvalue weighted by molar-refractivity contribution is 6.24. The van der Waals surface area contributed by atoms with E-state index in [1.807, 2.05) is 78.9 Å². The van der Waals surface area contributed by atoms with Crippen molar-refractivity contribution < 1.29 is 9.59 Å². The van der Waals surface area contributed by atoms with Crippen molar-refractivity contribution in [3.63, 3.8) is 0 Å². The van der Waals surface area contributed by atoms with Crippen LogP contribution in [0.5, 0.6) is 0 Å². The zero-order valence-electron chi connectivity index (χ0n) is 18.4. The van der Waals surface area contributed by atoms with Crippen LogP contribution in [0.3, 0.4) is 0 Å². The van der Waals surface area contributed by atoms with E-state index in [2.05, 4.69) is 9.97 Å². The number of nitrogens with zero attached hydrogens (tertiary/aromatic N) is 2. The Hall–Kier alpha value is -4.29. The minimum Gasteiger partial charge on any atom is -0.353 e. The van der Waals surface area contributed by atoms with Gasteiger partial charge < -0.3 is 10.7 Å². The third-order valence-corrected chi connectivity index (χ3v) is 6.65. The Morgan fingerprint density at radius 2 is 1.65 bits per heavy atom. The number of benzene rings is 3. The average Bonchev–Trinajstić information content (AvgIpc) is 3.21. The van der Waals surface area contributed by atoms with Gasteiger partial charge in [-0.15, -0.1) is 0 Å². The van der Waals surface area contributed by atoms with Crippen LogP contribution in [0.2, 0.25) is 0 Å². The van der Waals surface area contributed by atoms with Crippen LogP contribution < -0.4 is 10.6 Å². The molecule has 1 unspecified atom stereocenters. The highest BCUT2D eigenvalue weighted by Crippen LogP contribution is 2.37. The van der Waals surface area contributed by atoms with Crippen molar-refractivity contribution in [2.24, 2.45) is 5.73 Å². The van der Waals surface area contributed by atoms with E-state index in [0.717, 1.165) is 33.1 Å². The molecule has 5 aromatic rings. The average molecular weight is 447 g/mol. The number of carbonyl (C=O) groups is 2. The minimum atomic E-state index is -1.75. The number of aromatic amines is 1. The van der Waals surface area contributed by atoms with Crippen LogP contribution in [0.4, 0.5) is 11.4 Å². The Bertz CT molecular complexity index is 1570. The SMILES string of the molecule is NC1(C(=O)c2cc3c(cn2)[nH]c2ccccc23)CCc2ccccc2N(c2ccccc2)C1=O. The number of aryl methyl sites for hydroxylation is 1. The van der Waals surface area contributed by atoms with Crippen molar-refractivity contribution in [1.29, 1.82) is 0 Å². The second kappa shape index (κ2) is 7.64. The molecule has 2 aromatic heterocycles. The number of pyridine rings is 1. The van der Waals surface area contributed by atoms with Crippen molar-refractivity contribution in [3.05, 3.63) is 102 Å². The van der Waals surface area contributed by atoms with Crippen LogP contribution in [0.15, 0.2) is 91.1 Å². The van der Waals surface area contributed by atoms with Crippen LogP contribution in [0.25, 0.3) is 21.8 Å². The number of amides is 1. The summed E-state index contributed by atoms with van der Waals surface area (Å²) in [6.45, 7) is 0. The number of fused-ring (bicyclic) bond motifs is 4. The second-order valence-electron chi connectivity index (χ2n) is 8.69. The van der Waals surface area contributed by atoms with E-state index in [-0.39, 0.29) is 12.1 Å². The number of Topliss-reactive ketones (excluding diaryl/α,β-unsaturated/α-hetero) is 1. The molecule has 0 saturated carbocycles. The molecule has 0 aliphatic carbocycles. The standard InChI is InChI=1S/C28H22N4O2/c29-28(26(33)23-16-21-20-11-5-6-12-22(20)31-24(21)17-30-23)15-14-18-8-4-7-13-25(18)32(27(28)34)19-9-2-1-3-10-19/h1-13,16-17,31H,14-15,29H2. The topological polar surface area (TPSA) is 92.1 Å². The Labute approximate surface area is 196 Å². The third kappa shape index (κ3) is 3.03. The lowest BCUT2D eigenvalue weighted by atomic mass is 9.86. The van der Waals surface area contributed by atoms with Crippen LogP contribution >= 0.6 is 0 Å². The maximum absolute atomic E-state index is 14.0. The molecule has 1 atom stereocenters. The number of H-pyrrole nitrogens is 1. The van der Waals surface area contributed by atoms with Gasteiger partial charge in [-0.2, -0.15) is 0 Å². The predicted molar refractivity (Wildman–Crippen MR) is 133 cm³/mol. The quantitative estimate of drug-likeness (QED) is 0.304. The van der Waals surface area contributed by atoms with Gasteiger partial charge in [-0.25, -0.2) is 0 Å². The minimum absolute atomic E-state index is 0.187. The van der Waals surface area contributed by atoms with Gasteiger partial charge in [0.1, 0.15) is 5.69 Å². The molecular weight excluding hydrogens is 424 g/mol. The summed E-state index contributed by atoms with van der Waals surface area (Å²) < 4.78 is 0. The summed E-state index contributed by atoms with van der Waals surface area (Å²) in [4.78, 5) is 37.2. The molecule has 1 aliphatic heterocycles. The largest absolute Gasteiger partial charge is 0.353 e. The number of nitrogens with one attached hydrogen (secondary N) is 1. The number of para-hydroxylation sites is 3. The number of ketones is 1. The number of carbonyl (C=O) groups excluding carboxylic acids is 2. The maximum Gasteiger partial charge on any atom is 0.259 e. The van der Waals surface area contributed by atoms with Gasteiger partial charge in [-0.3, -0.25) is 19.5 Å². The molecule has 0 bridgehead atoms. The first-order valence-corrected chi connectivity index (χ1v) is 11.2. The smallest absolute Gasteiger partial charge is 0.259 e. The van der Waals surface area contributed by atoms with Gasteiger partial charge in [-0.05, 0) is 48.7 Å². The molecule has 3 N–H and O–H groups in total. The highest BCUT2D eigenvalue weighted by atomic mass is 16.2. The fourth-order valence-electron chi connectivity index (χ4n) is 4.83. The van der Waals surface area contributed by atoms with Crippen molar-refractivity contribution in [2.45, 2.75) is 18.4 Å². The molecule has 6 heteroatoms. The monoisotopic (exact) mass is 446 g/mol.